The Labute approximate surface area is 113 Å². The van der Waals surface area contributed by atoms with Gasteiger partial charge in [-0.3, -0.25) is 11.3 Å². The van der Waals surface area contributed by atoms with Gasteiger partial charge in [0.2, 0.25) is 0 Å². The third-order valence-corrected chi connectivity index (χ3v) is 4.19. The maximum Gasteiger partial charge on any atom is 0.0406 e. The molecule has 0 fully saturated rings. The first-order valence-corrected chi connectivity index (χ1v) is 7.43. The lowest BCUT2D eigenvalue weighted by Gasteiger charge is -2.16. The summed E-state index contributed by atoms with van der Waals surface area (Å²) in [7, 11) is 0. The van der Waals surface area contributed by atoms with Gasteiger partial charge in [-0.05, 0) is 35.8 Å². The molecular weight excluding hydrogens is 252 g/mol. The molecule has 0 saturated carbocycles. The Bertz CT molecular complexity index is 314. The van der Waals surface area contributed by atoms with E-state index in [4.69, 9.17) is 17.4 Å². The van der Waals surface area contributed by atoms with Crippen LogP contribution < -0.4 is 11.3 Å². The highest BCUT2D eigenvalue weighted by molar-refractivity contribution is 7.99. The molecule has 0 saturated heterocycles. The van der Waals surface area contributed by atoms with Crippen molar-refractivity contribution in [2.75, 3.05) is 11.5 Å². The first-order valence-electron chi connectivity index (χ1n) is 5.90. The Hall–Kier alpha value is -0.220. The monoisotopic (exact) mass is 272 g/mol. The average Bonchev–Trinajstić information content (AvgIpc) is 2.30. The van der Waals surface area contributed by atoms with Crippen molar-refractivity contribution in [3.05, 3.63) is 34.9 Å². The van der Waals surface area contributed by atoms with Crippen molar-refractivity contribution in [1.82, 2.24) is 5.43 Å². The van der Waals surface area contributed by atoms with Crippen LogP contribution in [0.5, 0.6) is 0 Å². The molecule has 0 bridgehead atoms. The zero-order valence-electron chi connectivity index (χ0n) is 10.4. The molecule has 1 aromatic carbocycles. The predicted molar refractivity (Wildman–Crippen MR) is 78.4 cm³/mol. The van der Waals surface area contributed by atoms with Crippen LogP contribution in [0.2, 0.25) is 5.02 Å². The Morgan fingerprint density at radius 2 is 1.88 bits per heavy atom. The lowest BCUT2D eigenvalue weighted by Crippen LogP contribution is -2.38. The molecule has 2 nitrogen and oxygen atoms in total. The Kier molecular flexibility index (Phi) is 6.97. The highest BCUT2D eigenvalue weighted by atomic mass is 35.5. The maximum atomic E-state index is 5.86. The van der Waals surface area contributed by atoms with E-state index >= 15 is 0 Å². The van der Waals surface area contributed by atoms with E-state index in [9.17, 15) is 0 Å². The lowest BCUT2D eigenvalue weighted by atomic mass is 10.1. The van der Waals surface area contributed by atoms with Gasteiger partial charge in [0.15, 0.2) is 0 Å². The minimum Gasteiger partial charge on any atom is -0.271 e. The summed E-state index contributed by atoms with van der Waals surface area (Å²) in [4.78, 5) is 0. The molecule has 0 radical (unpaired) electrons. The standard InChI is InChI=1S/C13H21ClN2S/c1-10(2)8-17-9-13(16-15)7-11-3-5-12(14)6-4-11/h3-6,10,13,16H,7-9,15H2,1-2H3. The zero-order chi connectivity index (χ0) is 12.7. The molecular formula is C13H21ClN2S. The number of thioether (sulfide) groups is 1. The van der Waals surface area contributed by atoms with Crippen molar-refractivity contribution in [1.29, 1.82) is 0 Å². The van der Waals surface area contributed by atoms with Gasteiger partial charge in [-0.25, -0.2) is 0 Å². The highest BCUT2D eigenvalue weighted by Crippen LogP contribution is 2.14. The molecule has 4 heteroatoms. The van der Waals surface area contributed by atoms with Gasteiger partial charge in [-0.2, -0.15) is 11.8 Å². The largest absolute Gasteiger partial charge is 0.271 e. The van der Waals surface area contributed by atoms with Crippen LogP contribution in [-0.4, -0.2) is 17.5 Å². The van der Waals surface area contributed by atoms with Crippen molar-refractivity contribution in [3.8, 4) is 0 Å². The number of hydrogen-bond acceptors (Lipinski definition) is 3. The Morgan fingerprint density at radius 1 is 1.24 bits per heavy atom. The number of benzene rings is 1. The van der Waals surface area contributed by atoms with E-state index in [-0.39, 0.29) is 0 Å². The Balaban J connectivity index is 2.38. The number of rotatable bonds is 7. The molecule has 0 aromatic heterocycles. The number of hydrazine groups is 1. The van der Waals surface area contributed by atoms with Gasteiger partial charge in [-0.15, -0.1) is 0 Å². The van der Waals surface area contributed by atoms with Crippen molar-refractivity contribution in [3.63, 3.8) is 0 Å². The van der Waals surface area contributed by atoms with Gasteiger partial charge in [0.25, 0.3) is 0 Å². The second-order valence-corrected chi connectivity index (χ2v) is 6.14. The van der Waals surface area contributed by atoms with Crippen LogP contribution in [0, 0.1) is 5.92 Å². The summed E-state index contributed by atoms with van der Waals surface area (Å²) < 4.78 is 0. The third-order valence-electron chi connectivity index (χ3n) is 2.40. The number of nitrogens with one attached hydrogen (secondary N) is 1. The van der Waals surface area contributed by atoms with E-state index in [1.807, 2.05) is 23.9 Å². The van der Waals surface area contributed by atoms with Gasteiger partial charge in [0, 0.05) is 16.8 Å². The quantitative estimate of drug-likeness (QED) is 0.592. The fourth-order valence-corrected chi connectivity index (χ4v) is 2.75. The van der Waals surface area contributed by atoms with Crippen LogP contribution in [0.1, 0.15) is 19.4 Å². The molecule has 0 heterocycles. The van der Waals surface area contributed by atoms with Crippen LogP contribution >= 0.6 is 23.4 Å². The number of halogens is 1. The number of nitrogens with two attached hydrogens (primary N) is 1. The normalized spacial score (nSPS) is 13.0. The van der Waals surface area contributed by atoms with E-state index < -0.39 is 0 Å². The molecule has 1 aromatic rings. The summed E-state index contributed by atoms with van der Waals surface area (Å²) in [6.45, 7) is 4.47. The van der Waals surface area contributed by atoms with E-state index in [0.717, 1.165) is 23.1 Å². The molecule has 0 aliphatic heterocycles. The summed E-state index contributed by atoms with van der Waals surface area (Å²) in [5, 5.41) is 0.778. The van der Waals surface area contributed by atoms with E-state index in [1.165, 1.54) is 11.3 Å². The van der Waals surface area contributed by atoms with Gasteiger partial charge < -0.3 is 0 Å². The first kappa shape index (κ1) is 14.8. The van der Waals surface area contributed by atoms with Gasteiger partial charge in [0.05, 0.1) is 0 Å². The van der Waals surface area contributed by atoms with E-state index in [1.54, 1.807) is 0 Å². The van der Waals surface area contributed by atoms with Crippen molar-refractivity contribution < 1.29 is 0 Å². The van der Waals surface area contributed by atoms with Gasteiger partial charge in [-0.1, -0.05) is 37.6 Å². The molecule has 17 heavy (non-hydrogen) atoms. The minimum atomic E-state index is 0.319. The zero-order valence-corrected chi connectivity index (χ0v) is 12.0. The molecule has 1 rings (SSSR count). The van der Waals surface area contributed by atoms with Crippen LogP contribution in [-0.2, 0) is 6.42 Å². The third kappa shape index (κ3) is 6.32. The van der Waals surface area contributed by atoms with Gasteiger partial charge >= 0.3 is 0 Å². The second kappa shape index (κ2) is 7.98. The molecule has 96 valence electrons. The SMILES string of the molecule is CC(C)CSCC(Cc1ccc(Cl)cc1)NN. The molecule has 0 spiro atoms. The predicted octanol–water partition coefficient (Wildman–Crippen LogP) is 3.10. The summed E-state index contributed by atoms with van der Waals surface area (Å²) in [6.07, 6.45) is 0.943. The topological polar surface area (TPSA) is 38.0 Å². The van der Waals surface area contributed by atoms with Crippen molar-refractivity contribution in [2.24, 2.45) is 11.8 Å². The minimum absolute atomic E-state index is 0.319. The van der Waals surface area contributed by atoms with E-state index in [0.29, 0.717) is 6.04 Å². The fraction of sp³-hybridized carbons (Fsp3) is 0.538. The molecule has 1 unspecified atom stereocenters. The van der Waals surface area contributed by atoms with E-state index in [2.05, 4.69) is 31.4 Å². The molecule has 0 aliphatic rings. The fourth-order valence-electron chi connectivity index (χ4n) is 1.52. The molecule has 1 atom stereocenters. The highest BCUT2D eigenvalue weighted by Gasteiger charge is 2.08. The molecule has 3 N–H and O–H groups in total. The lowest BCUT2D eigenvalue weighted by molar-refractivity contribution is 0.575. The first-order chi connectivity index (χ1) is 8.11. The summed E-state index contributed by atoms with van der Waals surface area (Å²) in [6, 6.07) is 8.27. The molecule has 0 aliphatic carbocycles. The summed E-state index contributed by atoms with van der Waals surface area (Å²) >= 11 is 7.80. The number of hydrogen-bond donors (Lipinski definition) is 2. The average molecular weight is 273 g/mol. The maximum absolute atomic E-state index is 5.86. The van der Waals surface area contributed by atoms with Gasteiger partial charge in [0.1, 0.15) is 0 Å². The Morgan fingerprint density at radius 3 is 2.41 bits per heavy atom. The molecule has 0 amide bonds. The second-order valence-electron chi connectivity index (χ2n) is 4.63. The van der Waals surface area contributed by atoms with Crippen LogP contribution in [0.25, 0.3) is 0 Å². The van der Waals surface area contributed by atoms with Crippen LogP contribution in [0.15, 0.2) is 24.3 Å². The van der Waals surface area contributed by atoms with Crippen molar-refractivity contribution in [2.45, 2.75) is 26.3 Å². The van der Waals surface area contributed by atoms with Crippen LogP contribution in [0.4, 0.5) is 0 Å². The van der Waals surface area contributed by atoms with Crippen molar-refractivity contribution >= 4 is 23.4 Å². The van der Waals surface area contributed by atoms with Crippen LogP contribution in [0.3, 0.4) is 0 Å². The smallest absolute Gasteiger partial charge is 0.0406 e. The summed E-state index contributed by atoms with van der Waals surface area (Å²) in [5.74, 6) is 8.53. The summed E-state index contributed by atoms with van der Waals surface area (Å²) in [5.41, 5.74) is 4.15.